The van der Waals surface area contributed by atoms with Gasteiger partial charge in [-0.3, -0.25) is 19.1 Å². The quantitative estimate of drug-likeness (QED) is 0.272. The van der Waals surface area contributed by atoms with E-state index in [1.54, 1.807) is 13.1 Å². The van der Waals surface area contributed by atoms with Gasteiger partial charge in [-0.2, -0.15) is 0 Å². The van der Waals surface area contributed by atoms with E-state index in [1.165, 1.54) is 28.8 Å². The second-order valence-corrected chi connectivity index (χ2v) is 12.4. The number of halogens is 1. The summed E-state index contributed by atoms with van der Waals surface area (Å²) in [5, 5.41) is 11.9. The van der Waals surface area contributed by atoms with Gasteiger partial charge in [0.25, 0.3) is 5.56 Å². The van der Waals surface area contributed by atoms with Gasteiger partial charge in [0, 0.05) is 53.1 Å². The van der Waals surface area contributed by atoms with E-state index >= 15 is 4.39 Å². The van der Waals surface area contributed by atoms with Crippen molar-refractivity contribution in [3.8, 4) is 28.3 Å². The van der Waals surface area contributed by atoms with E-state index in [0.29, 0.717) is 42.6 Å². The van der Waals surface area contributed by atoms with Gasteiger partial charge in [-0.05, 0) is 69.0 Å². The Morgan fingerprint density at radius 2 is 1.96 bits per heavy atom. The van der Waals surface area contributed by atoms with Crippen LogP contribution in [-0.4, -0.2) is 57.2 Å². The summed E-state index contributed by atoms with van der Waals surface area (Å²) in [5.41, 5.74) is 4.92. The number of nitrogens with zero attached hydrogens (tertiary/aromatic N) is 4. The third kappa shape index (κ3) is 4.67. The van der Waals surface area contributed by atoms with E-state index in [1.807, 2.05) is 37.8 Å². The number of ether oxygens (including phenoxy) is 1. The Morgan fingerprint density at radius 3 is 2.62 bits per heavy atom. The maximum atomic E-state index is 15.4. The normalized spacial score (nSPS) is 17.7. The number of hydrogen-bond donors (Lipinski definition) is 1. The van der Waals surface area contributed by atoms with Gasteiger partial charge in [0.2, 0.25) is 5.91 Å². The lowest BCUT2D eigenvalue weighted by Crippen LogP contribution is -2.62. The van der Waals surface area contributed by atoms with Crippen molar-refractivity contribution in [2.75, 3.05) is 24.6 Å². The first-order valence-electron chi connectivity index (χ1n) is 15.5. The summed E-state index contributed by atoms with van der Waals surface area (Å²) >= 11 is 0. The summed E-state index contributed by atoms with van der Waals surface area (Å²) in [5.74, 6) is -0.374. The first-order chi connectivity index (χ1) is 21.5. The molecule has 1 fully saturated rings. The Balaban J connectivity index is 1.77. The van der Waals surface area contributed by atoms with Gasteiger partial charge >= 0.3 is 0 Å². The highest BCUT2D eigenvalue weighted by Gasteiger charge is 2.41. The first-order valence-corrected chi connectivity index (χ1v) is 15.5. The zero-order chi connectivity index (χ0) is 32.3. The standard InChI is InChI=1S/C36H39FN4O4/c1-8-24-30(29-20(5)13-14-38-32(29)19(3)4)31-25(15-21(6)41(36(31)44)34-26(37)11-10-12-27(34)42)33-35(24)45-18-23-17-39(28(43)9-2)22(7)16-40(23)33/h9-15,19,22-23,42H,2,8,16-18H2,1,3-7H3. The highest BCUT2D eigenvalue weighted by molar-refractivity contribution is 6.09. The number of pyridine rings is 2. The maximum Gasteiger partial charge on any atom is 0.264 e. The predicted octanol–water partition coefficient (Wildman–Crippen LogP) is 6.18. The second-order valence-electron chi connectivity index (χ2n) is 12.4. The lowest BCUT2D eigenvalue weighted by atomic mass is 9.84. The fourth-order valence-electron chi connectivity index (χ4n) is 7.15. The summed E-state index contributed by atoms with van der Waals surface area (Å²) in [6.07, 6.45) is 3.69. The lowest BCUT2D eigenvalue weighted by molar-refractivity contribution is -0.129. The van der Waals surface area contributed by atoms with Crippen LogP contribution in [0.2, 0.25) is 0 Å². The topological polar surface area (TPSA) is 87.9 Å². The molecule has 8 nitrogen and oxygen atoms in total. The minimum Gasteiger partial charge on any atom is -0.506 e. The number of para-hydroxylation sites is 1. The molecule has 2 aliphatic rings. The molecule has 1 N–H and O–H groups in total. The van der Waals surface area contributed by atoms with E-state index in [-0.39, 0.29) is 35.3 Å². The molecule has 2 atom stereocenters. The van der Waals surface area contributed by atoms with Gasteiger partial charge in [0.1, 0.15) is 23.8 Å². The zero-order valence-electron chi connectivity index (χ0n) is 26.6. The van der Waals surface area contributed by atoms with Crippen molar-refractivity contribution in [2.45, 2.75) is 66.0 Å². The summed E-state index contributed by atoms with van der Waals surface area (Å²) in [4.78, 5) is 36.5. The molecule has 2 aliphatic heterocycles. The number of piperazine rings is 1. The van der Waals surface area contributed by atoms with E-state index in [0.717, 1.165) is 39.4 Å². The first kappa shape index (κ1) is 30.4. The van der Waals surface area contributed by atoms with Crippen molar-refractivity contribution in [1.82, 2.24) is 14.5 Å². The van der Waals surface area contributed by atoms with Crippen LogP contribution >= 0.6 is 0 Å². The fraction of sp³-hybridized carbons (Fsp3) is 0.361. The van der Waals surface area contributed by atoms with Crippen LogP contribution in [0.5, 0.6) is 11.5 Å². The van der Waals surface area contributed by atoms with Crippen LogP contribution in [-0.2, 0) is 11.2 Å². The van der Waals surface area contributed by atoms with E-state index < -0.39 is 11.4 Å². The van der Waals surface area contributed by atoms with Crippen molar-refractivity contribution in [2.24, 2.45) is 0 Å². The number of amides is 1. The molecule has 2 aromatic carbocycles. The molecular formula is C36H39FN4O4. The monoisotopic (exact) mass is 610 g/mol. The molecule has 45 heavy (non-hydrogen) atoms. The Kier molecular flexibility index (Phi) is 7.67. The third-order valence-corrected chi connectivity index (χ3v) is 9.22. The van der Waals surface area contributed by atoms with Crippen LogP contribution in [0.3, 0.4) is 0 Å². The summed E-state index contributed by atoms with van der Waals surface area (Å²) < 4.78 is 23.3. The van der Waals surface area contributed by atoms with E-state index in [4.69, 9.17) is 9.72 Å². The molecule has 4 aromatic rings. The molecule has 9 heteroatoms. The number of hydrogen-bond acceptors (Lipinski definition) is 6. The molecule has 0 aliphatic carbocycles. The molecule has 234 valence electrons. The number of aryl methyl sites for hydroxylation is 2. The highest BCUT2D eigenvalue weighted by Crippen LogP contribution is 2.50. The number of fused-ring (bicyclic) bond motifs is 5. The third-order valence-electron chi connectivity index (χ3n) is 9.22. The van der Waals surface area contributed by atoms with Crippen LogP contribution in [0.1, 0.15) is 56.1 Å². The minimum absolute atomic E-state index is 0.0561. The van der Waals surface area contributed by atoms with Gasteiger partial charge in [0.05, 0.1) is 22.8 Å². The van der Waals surface area contributed by atoms with E-state index in [9.17, 15) is 14.7 Å². The van der Waals surface area contributed by atoms with Gasteiger partial charge in [-0.1, -0.05) is 33.4 Å². The summed E-state index contributed by atoms with van der Waals surface area (Å²) in [6, 6.07) is 7.62. The molecule has 6 rings (SSSR count). The van der Waals surface area contributed by atoms with Crippen LogP contribution in [0, 0.1) is 19.7 Å². The Morgan fingerprint density at radius 1 is 1.20 bits per heavy atom. The van der Waals surface area contributed by atoms with Crippen molar-refractivity contribution < 1.29 is 19.0 Å². The Labute approximate surface area is 262 Å². The van der Waals surface area contributed by atoms with Crippen molar-refractivity contribution in [3.63, 3.8) is 0 Å². The van der Waals surface area contributed by atoms with Gasteiger partial charge in [-0.25, -0.2) is 4.39 Å². The molecule has 0 spiro atoms. The molecule has 0 saturated carbocycles. The number of carbonyl (C=O) groups excluding carboxylic acids is 1. The number of anilines is 1. The summed E-state index contributed by atoms with van der Waals surface area (Å²) in [6.45, 7) is 17.0. The van der Waals surface area contributed by atoms with Crippen molar-refractivity contribution in [1.29, 1.82) is 0 Å². The van der Waals surface area contributed by atoms with Crippen LogP contribution < -0.4 is 15.2 Å². The zero-order valence-corrected chi connectivity index (χ0v) is 26.6. The van der Waals surface area contributed by atoms with Gasteiger partial charge in [0.15, 0.2) is 5.82 Å². The molecule has 4 heterocycles. The Hall–Kier alpha value is -4.66. The number of carbonyl (C=O) groups is 1. The number of aromatic nitrogens is 2. The molecule has 0 bridgehead atoms. The highest BCUT2D eigenvalue weighted by atomic mass is 19.1. The molecular weight excluding hydrogens is 571 g/mol. The largest absolute Gasteiger partial charge is 0.506 e. The lowest BCUT2D eigenvalue weighted by Gasteiger charge is -2.49. The van der Waals surface area contributed by atoms with Crippen LogP contribution in [0.15, 0.2) is 54.0 Å². The fourth-order valence-corrected chi connectivity index (χ4v) is 7.15. The number of phenols is 1. The minimum atomic E-state index is -0.699. The number of phenolic OH excluding ortho intramolecular Hbond substituents is 1. The number of benzene rings is 2. The predicted molar refractivity (Wildman–Crippen MR) is 175 cm³/mol. The van der Waals surface area contributed by atoms with Crippen molar-refractivity contribution >= 4 is 22.4 Å². The summed E-state index contributed by atoms with van der Waals surface area (Å²) in [7, 11) is 0. The van der Waals surface area contributed by atoms with Crippen LogP contribution in [0.25, 0.3) is 27.6 Å². The molecule has 0 radical (unpaired) electrons. The maximum absolute atomic E-state index is 15.4. The van der Waals surface area contributed by atoms with Gasteiger partial charge < -0.3 is 19.6 Å². The second kappa shape index (κ2) is 11.4. The Bertz CT molecular complexity index is 1910. The molecule has 1 amide bonds. The molecule has 2 unspecified atom stereocenters. The van der Waals surface area contributed by atoms with E-state index in [2.05, 4.69) is 25.3 Å². The SMILES string of the molecule is C=CC(=O)N1CC2COc3c(CC)c(-c4c(C)ccnc4C(C)C)c4c(=O)n(-c5c(O)cccc5F)c(C)cc4c3N2CC1C. The smallest absolute Gasteiger partial charge is 0.264 e. The van der Waals surface area contributed by atoms with Crippen LogP contribution in [0.4, 0.5) is 10.1 Å². The number of aromatic hydroxyl groups is 1. The number of rotatable bonds is 5. The van der Waals surface area contributed by atoms with Gasteiger partial charge in [-0.15, -0.1) is 0 Å². The average molecular weight is 611 g/mol. The van der Waals surface area contributed by atoms with Crippen molar-refractivity contribution in [3.05, 3.63) is 87.9 Å². The molecule has 2 aromatic heterocycles. The molecule has 1 saturated heterocycles. The average Bonchev–Trinajstić information content (AvgIpc) is 3.00.